The van der Waals surface area contributed by atoms with E-state index in [1.807, 2.05) is 23.1 Å². The zero-order chi connectivity index (χ0) is 14.1. The van der Waals surface area contributed by atoms with Gasteiger partial charge < -0.3 is 4.74 Å². The van der Waals surface area contributed by atoms with Crippen molar-refractivity contribution in [3.63, 3.8) is 0 Å². The Morgan fingerprint density at radius 3 is 3.00 bits per heavy atom. The highest BCUT2D eigenvalue weighted by Gasteiger charge is 2.28. The normalized spacial score (nSPS) is 19.2. The maximum Gasteiger partial charge on any atom is 0.0800 e. The number of nitrogens with zero attached hydrogens (tertiary/aromatic N) is 3. The summed E-state index contributed by atoms with van der Waals surface area (Å²) in [5.41, 5.74) is 2.56. The van der Waals surface area contributed by atoms with Crippen LogP contribution in [0.4, 0.5) is 0 Å². The molecule has 20 heavy (non-hydrogen) atoms. The minimum atomic E-state index is 0.429. The van der Waals surface area contributed by atoms with E-state index in [1.54, 1.807) is 7.11 Å². The number of methoxy groups -OCH3 is 1. The van der Waals surface area contributed by atoms with E-state index in [1.165, 1.54) is 21.0 Å². The Labute approximate surface area is 124 Å². The Morgan fingerprint density at radius 2 is 2.30 bits per heavy atom. The summed E-state index contributed by atoms with van der Waals surface area (Å²) in [7, 11) is 3.77. The smallest absolute Gasteiger partial charge is 0.0800 e. The van der Waals surface area contributed by atoms with Crippen LogP contribution in [-0.2, 0) is 24.9 Å². The van der Waals surface area contributed by atoms with E-state index in [9.17, 15) is 0 Å². The topological polar surface area (TPSA) is 30.3 Å². The van der Waals surface area contributed by atoms with E-state index in [2.05, 4.69) is 35.3 Å². The quantitative estimate of drug-likeness (QED) is 0.867. The van der Waals surface area contributed by atoms with Crippen molar-refractivity contribution in [3.05, 3.63) is 39.3 Å². The lowest BCUT2D eigenvalue weighted by Crippen LogP contribution is -2.34. The largest absolute Gasteiger partial charge is 0.384 e. The van der Waals surface area contributed by atoms with E-state index >= 15 is 0 Å². The zero-order valence-corrected chi connectivity index (χ0v) is 13.1. The third-order valence-electron chi connectivity index (χ3n) is 3.77. The minimum Gasteiger partial charge on any atom is -0.384 e. The van der Waals surface area contributed by atoms with Crippen LogP contribution in [0.3, 0.4) is 0 Å². The van der Waals surface area contributed by atoms with Crippen LogP contribution in [0.5, 0.6) is 0 Å². The van der Waals surface area contributed by atoms with Crippen LogP contribution in [0.1, 0.15) is 26.9 Å². The first-order valence-electron chi connectivity index (χ1n) is 6.94. The Morgan fingerprint density at radius 1 is 1.45 bits per heavy atom. The first-order valence-corrected chi connectivity index (χ1v) is 7.76. The fourth-order valence-corrected chi connectivity index (χ4v) is 3.89. The van der Waals surface area contributed by atoms with Crippen molar-refractivity contribution < 1.29 is 4.74 Å². The van der Waals surface area contributed by atoms with Crippen molar-refractivity contribution in [1.82, 2.24) is 14.7 Å². The number of ether oxygens (including phenoxy) is 1. The molecule has 0 bridgehead atoms. The minimum absolute atomic E-state index is 0.429. The molecule has 0 spiro atoms. The van der Waals surface area contributed by atoms with Crippen molar-refractivity contribution in [2.24, 2.45) is 7.05 Å². The van der Waals surface area contributed by atoms with Crippen LogP contribution >= 0.6 is 11.3 Å². The average Bonchev–Trinajstić information content (AvgIpc) is 2.95. The van der Waals surface area contributed by atoms with Gasteiger partial charge in [-0.1, -0.05) is 0 Å². The highest BCUT2D eigenvalue weighted by molar-refractivity contribution is 7.11. The molecule has 1 atom stereocenters. The number of hydrogen-bond acceptors (Lipinski definition) is 4. The zero-order valence-electron chi connectivity index (χ0n) is 12.3. The Kier molecular flexibility index (Phi) is 3.92. The van der Waals surface area contributed by atoms with Gasteiger partial charge in [-0.15, -0.1) is 11.3 Å². The van der Waals surface area contributed by atoms with E-state index in [-0.39, 0.29) is 0 Å². The van der Waals surface area contributed by atoms with Crippen LogP contribution in [-0.4, -0.2) is 34.9 Å². The summed E-state index contributed by atoms with van der Waals surface area (Å²) in [5, 5.41) is 4.60. The van der Waals surface area contributed by atoms with Gasteiger partial charge in [0.05, 0.1) is 12.3 Å². The molecule has 1 aliphatic heterocycles. The molecular formula is C15H21N3OS. The predicted octanol–water partition coefficient (Wildman–Crippen LogP) is 2.54. The molecule has 0 fully saturated rings. The fourth-order valence-electron chi connectivity index (χ4n) is 2.96. The lowest BCUT2D eigenvalue weighted by atomic mass is 9.96. The molecule has 1 aliphatic rings. The van der Waals surface area contributed by atoms with Gasteiger partial charge in [0.2, 0.25) is 0 Å². The molecule has 4 nitrogen and oxygen atoms in total. The Hall–Kier alpha value is -1.17. The van der Waals surface area contributed by atoms with E-state index in [4.69, 9.17) is 4.74 Å². The molecule has 0 saturated carbocycles. The van der Waals surface area contributed by atoms with Gasteiger partial charge >= 0.3 is 0 Å². The van der Waals surface area contributed by atoms with Crippen LogP contribution in [0.25, 0.3) is 0 Å². The van der Waals surface area contributed by atoms with E-state index in [0.29, 0.717) is 5.92 Å². The van der Waals surface area contributed by atoms with Crippen molar-refractivity contribution in [2.45, 2.75) is 25.9 Å². The lowest BCUT2D eigenvalue weighted by molar-refractivity contribution is 0.136. The fraction of sp³-hybridized carbons (Fsp3) is 0.533. The molecule has 5 heteroatoms. The molecule has 0 aromatic carbocycles. The summed E-state index contributed by atoms with van der Waals surface area (Å²) < 4.78 is 7.31. The van der Waals surface area contributed by atoms with Crippen LogP contribution in [0, 0.1) is 6.92 Å². The maximum atomic E-state index is 5.39. The van der Waals surface area contributed by atoms with Crippen molar-refractivity contribution in [3.8, 4) is 0 Å². The summed E-state index contributed by atoms with van der Waals surface area (Å²) in [6.45, 7) is 5.92. The summed E-state index contributed by atoms with van der Waals surface area (Å²) in [5.74, 6) is 0.429. The summed E-state index contributed by atoms with van der Waals surface area (Å²) in [6.07, 6.45) is 2.14. The van der Waals surface area contributed by atoms with Crippen LogP contribution in [0.2, 0.25) is 0 Å². The molecule has 3 heterocycles. The molecule has 0 amide bonds. The second kappa shape index (κ2) is 5.68. The highest BCUT2D eigenvalue weighted by Crippen LogP contribution is 2.29. The molecule has 108 valence electrons. The number of aromatic nitrogens is 2. The van der Waals surface area contributed by atoms with Gasteiger partial charge in [0.15, 0.2) is 0 Å². The number of thiophene rings is 1. The molecule has 0 radical (unpaired) electrons. The lowest BCUT2D eigenvalue weighted by Gasteiger charge is -2.31. The van der Waals surface area contributed by atoms with Gasteiger partial charge in [0, 0.05) is 61.2 Å². The van der Waals surface area contributed by atoms with Crippen LogP contribution < -0.4 is 0 Å². The van der Waals surface area contributed by atoms with Crippen LogP contribution in [0.15, 0.2) is 18.3 Å². The standard InChI is InChI=1S/C15H21N3OS/c1-11-4-5-13(20-11)7-18-6-12(10-19-3)14-8-17(2)16-15(14)9-18/h4-5,8,12H,6-7,9-10H2,1-3H3/t12-/m1/s1. The molecule has 0 saturated heterocycles. The molecule has 0 N–H and O–H groups in total. The second-order valence-electron chi connectivity index (χ2n) is 5.54. The van der Waals surface area contributed by atoms with Gasteiger partial charge in [0.1, 0.15) is 0 Å². The Balaban J connectivity index is 1.78. The van der Waals surface area contributed by atoms with E-state index in [0.717, 1.165) is 26.2 Å². The van der Waals surface area contributed by atoms with Crippen molar-refractivity contribution in [1.29, 1.82) is 0 Å². The third-order valence-corrected chi connectivity index (χ3v) is 4.76. The first-order chi connectivity index (χ1) is 9.65. The van der Waals surface area contributed by atoms with Gasteiger partial charge in [0.25, 0.3) is 0 Å². The number of rotatable bonds is 4. The summed E-state index contributed by atoms with van der Waals surface area (Å²) >= 11 is 1.88. The second-order valence-corrected chi connectivity index (χ2v) is 6.91. The number of aryl methyl sites for hydroxylation is 2. The number of fused-ring (bicyclic) bond motifs is 1. The van der Waals surface area contributed by atoms with Gasteiger partial charge in [-0.3, -0.25) is 9.58 Å². The molecule has 0 aliphatic carbocycles. The monoisotopic (exact) mass is 291 g/mol. The molecule has 2 aromatic heterocycles. The molecular weight excluding hydrogens is 270 g/mol. The SMILES string of the molecule is COC[C@H]1CN(Cc2ccc(C)s2)Cc2nn(C)cc21. The van der Waals surface area contributed by atoms with Gasteiger partial charge in [-0.25, -0.2) is 0 Å². The van der Waals surface area contributed by atoms with Crippen molar-refractivity contribution in [2.75, 3.05) is 20.3 Å². The van der Waals surface area contributed by atoms with Gasteiger partial charge in [-0.2, -0.15) is 5.10 Å². The maximum absolute atomic E-state index is 5.39. The average molecular weight is 291 g/mol. The summed E-state index contributed by atoms with van der Waals surface area (Å²) in [4.78, 5) is 5.28. The third kappa shape index (κ3) is 2.80. The summed E-state index contributed by atoms with van der Waals surface area (Å²) in [6, 6.07) is 4.43. The predicted molar refractivity (Wildman–Crippen MR) is 81.0 cm³/mol. The molecule has 2 aromatic rings. The molecule has 0 unspecified atom stereocenters. The number of hydrogen-bond donors (Lipinski definition) is 0. The highest BCUT2D eigenvalue weighted by atomic mass is 32.1. The first kappa shape index (κ1) is 13.8. The molecule has 3 rings (SSSR count). The van der Waals surface area contributed by atoms with E-state index < -0.39 is 0 Å². The Bertz CT molecular complexity index is 590. The van der Waals surface area contributed by atoms with Crippen molar-refractivity contribution >= 4 is 11.3 Å². The van der Waals surface area contributed by atoms with Gasteiger partial charge in [-0.05, 0) is 19.1 Å².